The number of benzene rings is 6. The van der Waals surface area contributed by atoms with Crippen molar-refractivity contribution in [1.29, 1.82) is 0 Å². The van der Waals surface area contributed by atoms with Crippen molar-refractivity contribution in [2.24, 2.45) is 0 Å². The maximum Gasteiger partial charge on any atom is 0.494 e. The van der Waals surface area contributed by atoms with Crippen LogP contribution in [-0.4, -0.2) is 18.3 Å². The van der Waals surface area contributed by atoms with Crippen LogP contribution in [-0.2, 0) is 28.6 Å². The third-order valence-electron chi connectivity index (χ3n) is 12.3. The summed E-state index contributed by atoms with van der Waals surface area (Å²) in [5.74, 6) is 0. The van der Waals surface area contributed by atoms with Crippen molar-refractivity contribution in [1.82, 2.24) is 0 Å². The minimum absolute atomic E-state index is 0.386. The summed E-state index contributed by atoms with van der Waals surface area (Å²) in [6, 6.07) is 54.0. The van der Waals surface area contributed by atoms with E-state index in [1.54, 1.807) is 0 Å². The molecule has 0 radical (unpaired) electrons. The quantitative estimate of drug-likeness (QED) is 0.0861. The fourth-order valence-corrected chi connectivity index (χ4v) is 7.84. The Kier molecular flexibility index (Phi) is 13.4. The summed E-state index contributed by atoms with van der Waals surface area (Å²) in [6.45, 7) is 15.2. The van der Waals surface area contributed by atoms with Crippen LogP contribution in [0.1, 0.15) is 104 Å². The van der Waals surface area contributed by atoms with Crippen molar-refractivity contribution < 1.29 is 9.31 Å². The first-order valence-corrected chi connectivity index (χ1v) is 22.1. The second-order valence-electron chi connectivity index (χ2n) is 17.3. The number of nitrogens with zero attached hydrogens (tertiary/aromatic N) is 2. The molecule has 1 fully saturated rings. The van der Waals surface area contributed by atoms with Crippen LogP contribution in [0.5, 0.6) is 0 Å². The van der Waals surface area contributed by atoms with E-state index in [1.807, 2.05) is 0 Å². The first kappa shape index (κ1) is 42.0. The highest BCUT2D eigenvalue weighted by molar-refractivity contribution is 6.62. The van der Waals surface area contributed by atoms with E-state index in [4.69, 9.17) is 9.31 Å². The lowest BCUT2D eigenvalue weighted by molar-refractivity contribution is 0.00578. The van der Waals surface area contributed by atoms with Gasteiger partial charge >= 0.3 is 7.12 Å². The second kappa shape index (κ2) is 18.9. The van der Waals surface area contributed by atoms with Gasteiger partial charge in [0.15, 0.2) is 0 Å². The Morgan fingerprint density at radius 2 is 0.627 bits per heavy atom. The Labute approximate surface area is 355 Å². The van der Waals surface area contributed by atoms with Crippen molar-refractivity contribution in [2.75, 3.05) is 9.80 Å². The molecule has 0 bridgehead atoms. The average Bonchev–Trinajstić information content (AvgIpc) is 3.49. The second-order valence-corrected chi connectivity index (χ2v) is 17.3. The SMILES string of the molecule is CCCCc1ccc(N(c2ccc(CCCC)cc2)c2ccc(-c3ccc(N(c4ccc(CCCC)cc4)c4ccc(B5OC(C)(C)C(C)(C)O5)cc4)cc3)cc2)cc1. The summed E-state index contributed by atoms with van der Waals surface area (Å²) >= 11 is 0. The summed E-state index contributed by atoms with van der Waals surface area (Å²) < 4.78 is 12.8. The molecule has 0 atom stereocenters. The zero-order valence-electron chi connectivity index (χ0n) is 36.5. The first-order valence-electron chi connectivity index (χ1n) is 22.1. The highest BCUT2D eigenvalue weighted by Crippen LogP contribution is 2.40. The van der Waals surface area contributed by atoms with Gasteiger partial charge in [0, 0.05) is 34.1 Å². The molecule has 7 rings (SSSR count). The molecule has 59 heavy (non-hydrogen) atoms. The molecular weight excluding hydrogens is 719 g/mol. The molecular formula is C54H63BN2O2. The Balaban J connectivity index is 1.16. The van der Waals surface area contributed by atoms with E-state index in [-0.39, 0.29) is 11.2 Å². The van der Waals surface area contributed by atoms with Gasteiger partial charge in [0.1, 0.15) is 0 Å². The average molecular weight is 783 g/mol. The van der Waals surface area contributed by atoms with Crippen molar-refractivity contribution in [3.63, 3.8) is 0 Å². The number of aryl methyl sites for hydroxylation is 3. The topological polar surface area (TPSA) is 24.9 Å². The molecule has 0 aromatic heterocycles. The fourth-order valence-electron chi connectivity index (χ4n) is 7.84. The maximum atomic E-state index is 6.38. The molecule has 0 amide bonds. The molecule has 1 heterocycles. The van der Waals surface area contributed by atoms with E-state index in [2.05, 4.69) is 204 Å². The molecule has 4 nitrogen and oxygen atoms in total. The third kappa shape index (κ3) is 9.86. The van der Waals surface area contributed by atoms with E-state index in [0.717, 1.165) is 47.5 Å². The fraction of sp³-hybridized carbons (Fsp3) is 0.333. The Morgan fingerprint density at radius 3 is 0.898 bits per heavy atom. The number of rotatable bonds is 17. The van der Waals surface area contributed by atoms with E-state index in [1.165, 1.54) is 77.7 Å². The molecule has 1 aliphatic rings. The Bertz CT molecular complexity index is 2140. The van der Waals surface area contributed by atoms with Crippen molar-refractivity contribution in [3.05, 3.63) is 162 Å². The highest BCUT2D eigenvalue weighted by atomic mass is 16.7. The largest absolute Gasteiger partial charge is 0.494 e. The van der Waals surface area contributed by atoms with Crippen LogP contribution >= 0.6 is 0 Å². The molecule has 1 saturated heterocycles. The van der Waals surface area contributed by atoms with E-state index >= 15 is 0 Å². The number of unbranched alkanes of at least 4 members (excludes halogenated alkanes) is 3. The van der Waals surface area contributed by atoms with Gasteiger partial charge in [-0.1, -0.05) is 113 Å². The lowest BCUT2D eigenvalue weighted by Crippen LogP contribution is -2.41. The van der Waals surface area contributed by atoms with E-state index in [9.17, 15) is 0 Å². The summed E-state index contributed by atoms with van der Waals surface area (Å²) in [4.78, 5) is 4.72. The molecule has 0 saturated carbocycles. The zero-order chi connectivity index (χ0) is 41.4. The summed E-state index contributed by atoms with van der Waals surface area (Å²) in [6.07, 6.45) is 10.6. The van der Waals surface area contributed by atoms with Gasteiger partial charge in [-0.25, -0.2) is 0 Å². The maximum absolute atomic E-state index is 6.38. The molecule has 0 spiro atoms. The highest BCUT2D eigenvalue weighted by Gasteiger charge is 2.51. The van der Waals surface area contributed by atoms with E-state index < -0.39 is 7.12 Å². The number of hydrogen-bond donors (Lipinski definition) is 0. The van der Waals surface area contributed by atoms with E-state index in [0.29, 0.717) is 0 Å². The van der Waals surface area contributed by atoms with Crippen LogP contribution in [0.3, 0.4) is 0 Å². The molecule has 304 valence electrons. The summed E-state index contributed by atoms with van der Waals surface area (Å²) in [7, 11) is -0.398. The summed E-state index contributed by atoms with van der Waals surface area (Å²) in [5.41, 5.74) is 13.6. The number of anilines is 6. The Hall–Kier alpha value is -5.10. The van der Waals surface area contributed by atoms with Gasteiger partial charge < -0.3 is 19.1 Å². The van der Waals surface area contributed by atoms with Crippen LogP contribution in [0.4, 0.5) is 34.1 Å². The third-order valence-corrected chi connectivity index (χ3v) is 12.3. The summed E-state index contributed by atoms with van der Waals surface area (Å²) in [5, 5.41) is 0. The monoisotopic (exact) mass is 782 g/mol. The molecule has 6 aromatic rings. The molecule has 5 heteroatoms. The van der Waals surface area contributed by atoms with Gasteiger partial charge in [0.25, 0.3) is 0 Å². The lowest BCUT2D eigenvalue weighted by atomic mass is 9.79. The van der Waals surface area contributed by atoms with Gasteiger partial charge in [-0.3, -0.25) is 0 Å². The van der Waals surface area contributed by atoms with Crippen LogP contribution in [0, 0.1) is 0 Å². The lowest BCUT2D eigenvalue weighted by Gasteiger charge is -2.32. The van der Waals surface area contributed by atoms with Crippen molar-refractivity contribution >= 4 is 46.7 Å². The van der Waals surface area contributed by atoms with Gasteiger partial charge in [-0.05, 0) is 172 Å². The standard InChI is InChI=1S/C54H63BN2O2/c1-8-11-14-41-17-29-47(30-18-41)56(48-31-19-42(20-32-48)15-12-9-2)50-35-23-44(24-36-50)45-25-37-51(38-26-45)57(49-33-21-43(22-34-49)16-13-10-3)52-39-27-46(28-40-52)55-58-53(4,5)54(6,7)59-55/h17-40H,8-16H2,1-7H3. The Morgan fingerprint density at radius 1 is 0.373 bits per heavy atom. The van der Waals surface area contributed by atoms with Crippen LogP contribution in [0.15, 0.2) is 146 Å². The molecule has 0 N–H and O–H groups in total. The van der Waals surface area contributed by atoms with Crippen molar-refractivity contribution in [3.8, 4) is 11.1 Å². The molecule has 1 aliphatic heterocycles. The van der Waals surface area contributed by atoms with Crippen LogP contribution < -0.4 is 15.3 Å². The molecule has 0 unspecified atom stereocenters. The minimum atomic E-state index is -0.398. The number of hydrogen-bond acceptors (Lipinski definition) is 4. The predicted octanol–water partition coefficient (Wildman–Crippen LogP) is 14.6. The van der Waals surface area contributed by atoms with Crippen molar-refractivity contribution in [2.45, 2.75) is 117 Å². The molecule has 6 aromatic carbocycles. The minimum Gasteiger partial charge on any atom is -0.399 e. The first-order chi connectivity index (χ1) is 28.6. The van der Waals surface area contributed by atoms with Gasteiger partial charge in [0.2, 0.25) is 0 Å². The smallest absolute Gasteiger partial charge is 0.399 e. The predicted molar refractivity (Wildman–Crippen MR) is 253 cm³/mol. The normalized spacial score (nSPS) is 14.4. The zero-order valence-corrected chi connectivity index (χ0v) is 36.5. The van der Waals surface area contributed by atoms with Gasteiger partial charge in [-0.15, -0.1) is 0 Å². The van der Waals surface area contributed by atoms with Crippen LogP contribution in [0.25, 0.3) is 11.1 Å². The van der Waals surface area contributed by atoms with Crippen LogP contribution in [0.2, 0.25) is 0 Å². The van der Waals surface area contributed by atoms with Gasteiger partial charge in [0.05, 0.1) is 11.2 Å². The van der Waals surface area contributed by atoms with Gasteiger partial charge in [-0.2, -0.15) is 0 Å². The molecule has 0 aliphatic carbocycles.